The van der Waals surface area contributed by atoms with E-state index in [1.165, 1.54) is 0 Å². The Hall–Kier alpha value is -1.18. The fourth-order valence-electron chi connectivity index (χ4n) is 1.35. The Kier molecular flexibility index (Phi) is 3.32. The summed E-state index contributed by atoms with van der Waals surface area (Å²) in [6.45, 7) is 6.63. The number of hydrogen-bond donors (Lipinski definition) is 0. The monoisotopic (exact) mass is 304 g/mol. The molecule has 0 atom stereocenters. The molecule has 0 saturated carbocycles. The molecule has 0 aliphatic heterocycles. The largest absolute Gasteiger partial charge is 0.150 e. The Labute approximate surface area is 111 Å². The summed E-state index contributed by atoms with van der Waals surface area (Å²) in [6, 6.07) is 7.91. The molecule has 0 fully saturated rings. The van der Waals surface area contributed by atoms with Crippen molar-refractivity contribution in [1.29, 1.82) is 0 Å². The fraction of sp³-hybridized carbons (Fsp3) is 0.231. The third kappa shape index (κ3) is 2.93. The average Bonchev–Trinajstić information content (AvgIpc) is 2.27. The molecule has 0 aliphatic rings. The topological polar surface area (TPSA) is 25.8 Å². The van der Waals surface area contributed by atoms with Crippen molar-refractivity contribution in [2.45, 2.75) is 19.6 Å². The van der Waals surface area contributed by atoms with Gasteiger partial charge in [-0.25, -0.2) is 0 Å². The number of fused-ring (bicyclic) bond motifs is 1. The van der Waals surface area contributed by atoms with Crippen LogP contribution in [-0.4, -0.2) is 18.3 Å². The quantitative estimate of drug-likeness (QED) is 0.549. The molecule has 0 radical (unpaired) electrons. The summed E-state index contributed by atoms with van der Waals surface area (Å²) in [5, 5.41) is 9.39. The van der Waals surface area contributed by atoms with Crippen LogP contribution in [0.5, 0.6) is 0 Å². The molecule has 2 nitrogen and oxygen atoms in total. The second kappa shape index (κ2) is 4.59. The van der Waals surface area contributed by atoms with E-state index in [4.69, 9.17) is 0 Å². The van der Waals surface area contributed by atoms with Crippen LogP contribution in [0.2, 0.25) is 19.6 Å². The number of nitrogens with zero attached hydrogens (tertiary/aromatic N) is 2. The summed E-state index contributed by atoms with van der Waals surface area (Å²) in [5.74, 6) is 3.14. The molecule has 0 spiro atoms. The summed E-state index contributed by atoms with van der Waals surface area (Å²) in [5.41, 5.74) is 4.91. The average molecular weight is 305 g/mol. The van der Waals surface area contributed by atoms with Crippen molar-refractivity contribution in [2.24, 2.45) is 0 Å². The predicted octanol–water partition coefficient (Wildman–Crippen LogP) is 3.62. The number of benzene rings is 1. The molecule has 17 heavy (non-hydrogen) atoms. The number of hydrogen-bond acceptors (Lipinski definition) is 2. The van der Waals surface area contributed by atoms with Crippen LogP contribution >= 0.6 is 15.9 Å². The first-order valence-corrected chi connectivity index (χ1v) is 9.71. The van der Waals surface area contributed by atoms with Gasteiger partial charge in [-0.2, -0.15) is 0 Å². The Bertz CT molecular complexity index is 621. The van der Waals surface area contributed by atoms with Gasteiger partial charge in [0.1, 0.15) is 13.8 Å². The summed E-state index contributed by atoms with van der Waals surface area (Å²) in [6.07, 6.45) is 0. The lowest BCUT2D eigenvalue weighted by atomic mass is 10.2. The van der Waals surface area contributed by atoms with Crippen LogP contribution in [0.4, 0.5) is 0 Å². The van der Waals surface area contributed by atoms with Gasteiger partial charge in [-0.3, -0.25) is 0 Å². The molecule has 0 aliphatic carbocycles. The molecule has 86 valence electrons. The molecule has 0 unspecified atom stereocenters. The van der Waals surface area contributed by atoms with Crippen LogP contribution in [0.15, 0.2) is 28.7 Å². The van der Waals surface area contributed by atoms with Crippen molar-refractivity contribution in [1.82, 2.24) is 10.2 Å². The van der Waals surface area contributed by atoms with Crippen molar-refractivity contribution in [3.8, 4) is 11.5 Å². The molecule has 4 heteroatoms. The van der Waals surface area contributed by atoms with E-state index in [1.807, 2.05) is 24.3 Å². The van der Waals surface area contributed by atoms with E-state index in [0.29, 0.717) is 0 Å². The molecule has 1 aromatic carbocycles. The van der Waals surface area contributed by atoms with Crippen molar-refractivity contribution in [3.63, 3.8) is 0 Å². The molecule has 0 saturated heterocycles. The molecule has 1 heterocycles. The standard InChI is InChI=1S/C13H13BrN2Si/c1-17(2,3)9-8-12-13(14)10-6-4-5-7-11(10)15-16-12/h4-7H,1-3H3. The van der Waals surface area contributed by atoms with E-state index < -0.39 is 8.07 Å². The summed E-state index contributed by atoms with van der Waals surface area (Å²) in [4.78, 5) is 0. The van der Waals surface area contributed by atoms with Crippen LogP contribution in [0, 0.1) is 11.5 Å². The lowest BCUT2D eigenvalue weighted by Gasteiger charge is -2.04. The minimum absolute atomic E-state index is 0.728. The predicted molar refractivity (Wildman–Crippen MR) is 77.5 cm³/mol. The molecule has 0 amide bonds. The highest BCUT2D eigenvalue weighted by atomic mass is 79.9. The van der Waals surface area contributed by atoms with Gasteiger partial charge in [0.05, 0.1) is 9.99 Å². The second-order valence-corrected chi connectivity index (χ2v) is 10.4. The molecule has 2 rings (SSSR count). The van der Waals surface area contributed by atoms with Crippen LogP contribution in [0.1, 0.15) is 5.69 Å². The van der Waals surface area contributed by atoms with Crippen LogP contribution in [0.25, 0.3) is 10.9 Å². The first kappa shape index (κ1) is 12.3. The van der Waals surface area contributed by atoms with Gasteiger partial charge in [0.25, 0.3) is 0 Å². The second-order valence-electron chi connectivity index (χ2n) is 4.88. The van der Waals surface area contributed by atoms with Crippen LogP contribution in [-0.2, 0) is 0 Å². The first-order valence-electron chi connectivity index (χ1n) is 5.41. The fourth-order valence-corrected chi connectivity index (χ4v) is 2.36. The van der Waals surface area contributed by atoms with Gasteiger partial charge in [-0.15, -0.1) is 15.7 Å². The summed E-state index contributed by atoms with van der Waals surface area (Å²) < 4.78 is 0.939. The summed E-state index contributed by atoms with van der Waals surface area (Å²) in [7, 11) is -1.38. The van der Waals surface area contributed by atoms with E-state index in [2.05, 4.69) is 57.2 Å². The Morgan fingerprint density at radius 1 is 1.12 bits per heavy atom. The molecule has 0 bridgehead atoms. The van der Waals surface area contributed by atoms with Gasteiger partial charge in [0.2, 0.25) is 0 Å². The Morgan fingerprint density at radius 3 is 2.53 bits per heavy atom. The highest BCUT2D eigenvalue weighted by Crippen LogP contribution is 2.23. The SMILES string of the molecule is C[Si](C)(C)C#Cc1nnc2ccccc2c1Br. The van der Waals surface area contributed by atoms with Crippen LogP contribution < -0.4 is 0 Å². The van der Waals surface area contributed by atoms with Crippen molar-refractivity contribution in [3.05, 3.63) is 34.4 Å². The highest BCUT2D eigenvalue weighted by Gasteiger charge is 2.09. The lowest BCUT2D eigenvalue weighted by molar-refractivity contribution is 1.05. The zero-order valence-corrected chi connectivity index (χ0v) is 12.7. The summed E-state index contributed by atoms with van der Waals surface area (Å²) >= 11 is 3.56. The van der Waals surface area contributed by atoms with E-state index >= 15 is 0 Å². The van der Waals surface area contributed by atoms with Gasteiger partial charge >= 0.3 is 0 Å². The maximum atomic E-state index is 4.18. The van der Waals surface area contributed by atoms with E-state index in [1.54, 1.807) is 0 Å². The zero-order valence-electron chi connectivity index (χ0n) is 10.1. The van der Waals surface area contributed by atoms with E-state index in [9.17, 15) is 0 Å². The first-order chi connectivity index (χ1) is 7.97. The minimum Gasteiger partial charge on any atom is -0.149 e. The van der Waals surface area contributed by atoms with Gasteiger partial charge in [-0.05, 0) is 22.0 Å². The number of rotatable bonds is 0. The van der Waals surface area contributed by atoms with Gasteiger partial charge in [-0.1, -0.05) is 43.8 Å². The third-order valence-electron chi connectivity index (χ3n) is 2.16. The van der Waals surface area contributed by atoms with Crippen LogP contribution in [0.3, 0.4) is 0 Å². The molecule has 0 N–H and O–H groups in total. The van der Waals surface area contributed by atoms with Gasteiger partial charge in [0, 0.05) is 5.39 Å². The minimum atomic E-state index is -1.38. The Balaban J connectivity index is 2.56. The lowest BCUT2D eigenvalue weighted by Crippen LogP contribution is -2.16. The van der Waals surface area contributed by atoms with E-state index in [-0.39, 0.29) is 0 Å². The highest BCUT2D eigenvalue weighted by molar-refractivity contribution is 9.10. The number of halogens is 1. The molecule has 2 aromatic rings. The molecular formula is C13H13BrN2Si. The molecular weight excluding hydrogens is 292 g/mol. The maximum absolute atomic E-state index is 4.18. The third-order valence-corrected chi connectivity index (χ3v) is 3.84. The normalized spacial score (nSPS) is 11.1. The number of aromatic nitrogens is 2. The zero-order chi connectivity index (χ0) is 12.5. The van der Waals surface area contributed by atoms with Crippen molar-refractivity contribution < 1.29 is 0 Å². The van der Waals surface area contributed by atoms with Crippen molar-refractivity contribution in [2.75, 3.05) is 0 Å². The smallest absolute Gasteiger partial charge is 0.149 e. The maximum Gasteiger partial charge on any atom is 0.150 e. The molecule has 1 aromatic heterocycles. The van der Waals surface area contributed by atoms with Gasteiger partial charge < -0.3 is 0 Å². The Morgan fingerprint density at radius 2 is 1.82 bits per heavy atom. The van der Waals surface area contributed by atoms with Crippen molar-refractivity contribution >= 4 is 34.9 Å². The van der Waals surface area contributed by atoms with E-state index in [0.717, 1.165) is 21.1 Å². The van der Waals surface area contributed by atoms with Gasteiger partial charge in [0.15, 0.2) is 0 Å².